The molecule has 2 amide bonds. The van der Waals surface area contributed by atoms with E-state index in [2.05, 4.69) is 6.07 Å². The number of carbonyl (C=O) groups is 2. The number of rotatable bonds is 4. The molecule has 1 aliphatic heterocycles. The highest BCUT2D eigenvalue weighted by Crippen LogP contribution is 2.17. The lowest BCUT2D eigenvalue weighted by Crippen LogP contribution is -2.55. The highest BCUT2D eigenvalue weighted by atomic mass is 16.2. The summed E-state index contributed by atoms with van der Waals surface area (Å²) in [5.74, 6) is 0.0543. The third-order valence-corrected chi connectivity index (χ3v) is 5.27. The lowest BCUT2D eigenvalue weighted by Gasteiger charge is -2.40. The van der Waals surface area contributed by atoms with Crippen molar-refractivity contribution in [3.05, 3.63) is 70.8 Å². The monoisotopic (exact) mass is 375 g/mol. The number of piperazine rings is 1. The number of hydrogen-bond donors (Lipinski definition) is 0. The van der Waals surface area contributed by atoms with Gasteiger partial charge in [-0.25, -0.2) is 0 Å². The second-order valence-electron chi connectivity index (χ2n) is 7.33. The first-order valence-electron chi connectivity index (χ1n) is 9.58. The SMILES string of the molecule is Cc1ccc(C(=O)N2CCN(C(=O)Cc3ccccc3CC#N)C[C@@H]2C)cc1. The van der Waals surface area contributed by atoms with Crippen LogP contribution in [-0.4, -0.2) is 47.3 Å². The zero-order chi connectivity index (χ0) is 20.1. The number of nitrogens with zero attached hydrogens (tertiary/aromatic N) is 3. The standard InChI is InChI=1S/C23H25N3O2/c1-17-7-9-20(10-8-17)23(28)26-14-13-25(16-18(26)2)22(27)15-21-6-4-3-5-19(21)11-12-24/h3-10,18H,11,13-16H2,1-2H3/t18-/m0/s1. The van der Waals surface area contributed by atoms with E-state index in [4.69, 9.17) is 5.26 Å². The van der Waals surface area contributed by atoms with Gasteiger partial charge in [0.1, 0.15) is 0 Å². The van der Waals surface area contributed by atoms with Crippen molar-refractivity contribution in [3.8, 4) is 6.07 Å². The van der Waals surface area contributed by atoms with Crippen molar-refractivity contribution in [3.63, 3.8) is 0 Å². The molecule has 0 unspecified atom stereocenters. The summed E-state index contributed by atoms with van der Waals surface area (Å²) in [6.45, 7) is 5.56. The molecule has 0 bridgehead atoms. The van der Waals surface area contributed by atoms with E-state index in [1.807, 2.05) is 72.2 Å². The molecule has 1 fully saturated rings. The van der Waals surface area contributed by atoms with Crippen LogP contribution in [0.4, 0.5) is 0 Å². The van der Waals surface area contributed by atoms with Crippen molar-refractivity contribution < 1.29 is 9.59 Å². The summed E-state index contributed by atoms with van der Waals surface area (Å²) in [6, 6.07) is 17.3. The largest absolute Gasteiger partial charge is 0.339 e. The normalized spacial score (nSPS) is 16.5. The molecule has 5 heteroatoms. The average Bonchev–Trinajstić information content (AvgIpc) is 2.69. The molecule has 1 saturated heterocycles. The average molecular weight is 375 g/mol. The third kappa shape index (κ3) is 4.40. The van der Waals surface area contributed by atoms with Gasteiger partial charge in [0.05, 0.1) is 18.9 Å². The number of nitriles is 1. The minimum absolute atomic E-state index is 0.0129. The fourth-order valence-electron chi connectivity index (χ4n) is 3.61. The molecule has 5 nitrogen and oxygen atoms in total. The van der Waals surface area contributed by atoms with Crippen LogP contribution < -0.4 is 0 Å². The van der Waals surface area contributed by atoms with Crippen LogP contribution in [0.15, 0.2) is 48.5 Å². The zero-order valence-electron chi connectivity index (χ0n) is 16.4. The number of amides is 2. The maximum atomic E-state index is 12.8. The highest BCUT2D eigenvalue weighted by Gasteiger charge is 2.30. The van der Waals surface area contributed by atoms with E-state index in [0.29, 0.717) is 31.6 Å². The van der Waals surface area contributed by atoms with E-state index in [9.17, 15) is 9.59 Å². The van der Waals surface area contributed by atoms with Gasteiger partial charge in [0, 0.05) is 31.2 Å². The molecule has 144 valence electrons. The van der Waals surface area contributed by atoms with Gasteiger partial charge >= 0.3 is 0 Å². The van der Waals surface area contributed by atoms with Gasteiger partial charge in [-0.3, -0.25) is 9.59 Å². The number of carbonyl (C=O) groups excluding carboxylic acids is 2. The molecule has 1 heterocycles. The van der Waals surface area contributed by atoms with Crippen LogP contribution in [0.5, 0.6) is 0 Å². The zero-order valence-corrected chi connectivity index (χ0v) is 16.4. The lowest BCUT2D eigenvalue weighted by atomic mass is 10.0. The molecule has 28 heavy (non-hydrogen) atoms. The molecule has 2 aromatic carbocycles. The summed E-state index contributed by atoms with van der Waals surface area (Å²) in [5.41, 5.74) is 3.61. The second-order valence-corrected chi connectivity index (χ2v) is 7.33. The Morgan fingerprint density at radius 2 is 1.75 bits per heavy atom. The van der Waals surface area contributed by atoms with E-state index in [0.717, 1.165) is 16.7 Å². The fraction of sp³-hybridized carbons (Fsp3) is 0.348. The number of aryl methyl sites for hydroxylation is 1. The molecule has 0 aliphatic carbocycles. The van der Waals surface area contributed by atoms with Crippen LogP contribution in [0.3, 0.4) is 0 Å². The Labute approximate surface area is 166 Å². The Hall–Kier alpha value is -3.13. The summed E-state index contributed by atoms with van der Waals surface area (Å²) in [6.07, 6.45) is 0.592. The Morgan fingerprint density at radius 1 is 1.07 bits per heavy atom. The fourth-order valence-corrected chi connectivity index (χ4v) is 3.61. The number of hydrogen-bond acceptors (Lipinski definition) is 3. The van der Waals surface area contributed by atoms with E-state index in [1.165, 1.54) is 0 Å². The van der Waals surface area contributed by atoms with Crippen LogP contribution in [0.25, 0.3) is 0 Å². The molecular weight excluding hydrogens is 350 g/mol. The maximum absolute atomic E-state index is 12.8. The summed E-state index contributed by atoms with van der Waals surface area (Å²) in [4.78, 5) is 29.3. The van der Waals surface area contributed by atoms with Crippen molar-refractivity contribution >= 4 is 11.8 Å². The van der Waals surface area contributed by atoms with Crippen LogP contribution in [0, 0.1) is 18.3 Å². The van der Waals surface area contributed by atoms with Crippen molar-refractivity contribution in [2.24, 2.45) is 0 Å². The van der Waals surface area contributed by atoms with E-state index in [-0.39, 0.29) is 24.3 Å². The van der Waals surface area contributed by atoms with Crippen molar-refractivity contribution in [2.45, 2.75) is 32.7 Å². The molecule has 1 atom stereocenters. The van der Waals surface area contributed by atoms with Gasteiger partial charge in [0.2, 0.25) is 5.91 Å². The van der Waals surface area contributed by atoms with Crippen LogP contribution in [-0.2, 0) is 17.6 Å². The van der Waals surface area contributed by atoms with Gasteiger partial charge in [-0.2, -0.15) is 5.26 Å². The Morgan fingerprint density at radius 3 is 2.39 bits per heavy atom. The molecule has 0 N–H and O–H groups in total. The Balaban J connectivity index is 1.63. The molecule has 1 aliphatic rings. The maximum Gasteiger partial charge on any atom is 0.254 e. The topological polar surface area (TPSA) is 64.4 Å². The van der Waals surface area contributed by atoms with Gasteiger partial charge in [-0.05, 0) is 37.1 Å². The summed E-state index contributed by atoms with van der Waals surface area (Å²) >= 11 is 0. The minimum Gasteiger partial charge on any atom is -0.339 e. The molecule has 0 saturated carbocycles. The van der Waals surface area contributed by atoms with Crippen molar-refractivity contribution in [2.75, 3.05) is 19.6 Å². The predicted octanol–water partition coefficient (Wildman–Crippen LogP) is 2.98. The first-order valence-corrected chi connectivity index (χ1v) is 9.58. The molecule has 3 rings (SSSR count). The third-order valence-electron chi connectivity index (χ3n) is 5.27. The first-order chi connectivity index (χ1) is 13.5. The molecule has 0 spiro atoms. The lowest BCUT2D eigenvalue weighted by molar-refractivity contribution is -0.132. The van der Waals surface area contributed by atoms with Gasteiger partial charge in [0.25, 0.3) is 5.91 Å². The van der Waals surface area contributed by atoms with Crippen LogP contribution in [0.2, 0.25) is 0 Å². The van der Waals surface area contributed by atoms with Crippen LogP contribution in [0.1, 0.15) is 34.0 Å². The van der Waals surface area contributed by atoms with E-state index >= 15 is 0 Å². The van der Waals surface area contributed by atoms with Gasteiger partial charge < -0.3 is 9.80 Å². The van der Waals surface area contributed by atoms with Gasteiger partial charge in [-0.15, -0.1) is 0 Å². The minimum atomic E-state index is -0.0409. The van der Waals surface area contributed by atoms with E-state index in [1.54, 1.807) is 0 Å². The summed E-state index contributed by atoms with van der Waals surface area (Å²) in [7, 11) is 0. The predicted molar refractivity (Wildman–Crippen MR) is 108 cm³/mol. The second kappa shape index (κ2) is 8.71. The van der Waals surface area contributed by atoms with E-state index < -0.39 is 0 Å². The smallest absolute Gasteiger partial charge is 0.254 e. The first kappa shape index (κ1) is 19.6. The Kier molecular flexibility index (Phi) is 6.10. The molecule has 0 aromatic heterocycles. The van der Waals surface area contributed by atoms with Gasteiger partial charge in [-0.1, -0.05) is 42.0 Å². The number of benzene rings is 2. The van der Waals surface area contributed by atoms with Crippen molar-refractivity contribution in [1.82, 2.24) is 9.80 Å². The molecule has 0 radical (unpaired) electrons. The summed E-state index contributed by atoms with van der Waals surface area (Å²) < 4.78 is 0. The Bertz CT molecular complexity index is 899. The highest BCUT2D eigenvalue weighted by molar-refractivity contribution is 5.94. The van der Waals surface area contributed by atoms with Gasteiger partial charge in [0.15, 0.2) is 0 Å². The summed E-state index contributed by atoms with van der Waals surface area (Å²) in [5, 5.41) is 8.97. The molecule has 2 aromatic rings. The quantitative estimate of drug-likeness (QED) is 0.825. The molecular formula is C23H25N3O2. The van der Waals surface area contributed by atoms with Crippen LogP contribution >= 0.6 is 0 Å². The van der Waals surface area contributed by atoms with Crippen molar-refractivity contribution in [1.29, 1.82) is 5.26 Å².